The van der Waals surface area contributed by atoms with Crippen LogP contribution < -0.4 is 20.1 Å². The Morgan fingerprint density at radius 3 is 2.72 bits per heavy atom. The standard InChI is InChI=1S/C25H35N3O4/c1-3-26-25(27-13-7-14-31-22-12-15-30-19-22)28-17-21-10-11-23(24(16-21)29-2)32-18-20-8-5-4-6-9-20/h4-6,8-11,16,22H,3,7,12-15,17-19H2,1-2H3,(H2,26,27,28). The van der Waals surface area contributed by atoms with Gasteiger partial charge in [0.05, 0.1) is 26.4 Å². The summed E-state index contributed by atoms with van der Waals surface area (Å²) in [7, 11) is 1.66. The Bertz CT molecular complexity index is 823. The lowest BCUT2D eigenvalue weighted by atomic mass is 10.2. The maximum Gasteiger partial charge on any atom is 0.191 e. The molecule has 0 aliphatic carbocycles. The van der Waals surface area contributed by atoms with Gasteiger partial charge in [-0.25, -0.2) is 4.99 Å². The van der Waals surface area contributed by atoms with Crippen molar-refractivity contribution in [1.82, 2.24) is 10.6 Å². The smallest absolute Gasteiger partial charge is 0.191 e. The van der Waals surface area contributed by atoms with E-state index in [1.165, 1.54) is 0 Å². The van der Waals surface area contributed by atoms with Crippen molar-refractivity contribution in [3.8, 4) is 11.5 Å². The van der Waals surface area contributed by atoms with Crippen molar-refractivity contribution in [2.45, 2.75) is 39.0 Å². The predicted octanol–water partition coefficient (Wildman–Crippen LogP) is 3.52. The molecule has 32 heavy (non-hydrogen) atoms. The fraction of sp³-hybridized carbons (Fsp3) is 0.480. The van der Waals surface area contributed by atoms with Crippen LogP contribution in [0.5, 0.6) is 11.5 Å². The van der Waals surface area contributed by atoms with Crippen LogP contribution in [0.3, 0.4) is 0 Å². The van der Waals surface area contributed by atoms with Crippen molar-refractivity contribution in [3.05, 3.63) is 59.7 Å². The Morgan fingerprint density at radius 1 is 1.09 bits per heavy atom. The van der Waals surface area contributed by atoms with Crippen molar-refractivity contribution in [2.75, 3.05) is 40.0 Å². The van der Waals surface area contributed by atoms with Crippen molar-refractivity contribution in [3.63, 3.8) is 0 Å². The molecule has 2 aromatic carbocycles. The minimum Gasteiger partial charge on any atom is -0.493 e. The largest absolute Gasteiger partial charge is 0.493 e. The fourth-order valence-corrected chi connectivity index (χ4v) is 3.35. The fourth-order valence-electron chi connectivity index (χ4n) is 3.35. The third-order valence-electron chi connectivity index (χ3n) is 5.08. The lowest BCUT2D eigenvalue weighted by molar-refractivity contribution is 0.0420. The number of guanidine groups is 1. The molecule has 1 unspecified atom stereocenters. The first-order valence-corrected chi connectivity index (χ1v) is 11.3. The summed E-state index contributed by atoms with van der Waals surface area (Å²) in [6.07, 6.45) is 2.17. The van der Waals surface area contributed by atoms with Gasteiger partial charge in [0.15, 0.2) is 17.5 Å². The van der Waals surface area contributed by atoms with Crippen LogP contribution >= 0.6 is 0 Å². The highest BCUT2D eigenvalue weighted by molar-refractivity contribution is 5.79. The first-order chi connectivity index (χ1) is 15.8. The van der Waals surface area contributed by atoms with Gasteiger partial charge in [-0.2, -0.15) is 0 Å². The molecule has 174 valence electrons. The molecule has 1 aliphatic rings. The average Bonchev–Trinajstić information content (AvgIpc) is 3.35. The van der Waals surface area contributed by atoms with Crippen LogP contribution in [0.1, 0.15) is 30.9 Å². The summed E-state index contributed by atoms with van der Waals surface area (Å²) in [5.74, 6) is 2.22. The number of rotatable bonds is 12. The number of benzene rings is 2. The zero-order valence-electron chi connectivity index (χ0n) is 19.1. The summed E-state index contributed by atoms with van der Waals surface area (Å²) < 4.78 is 22.6. The molecule has 1 saturated heterocycles. The van der Waals surface area contributed by atoms with Crippen LogP contribution in [0.4, 0.5) is 0 Å². The Kier molecular flexibility index (Phi) is 10.2. The molecule has 3 rings (SSSR count). The van der Waals surface area contributed by atoms with E-state index in [0.717, 1.165) is 68.6 Å². The van der Waals surface area contributed by atoms with E-state index in [9.17, 15) is 0 Å². The van der Waals surface area contributed by atoms with E-state index >= 15 is 0 Å². The first kappa shape index (κ1) is 23.9. The molecule has 7 heteroatoms. The van der Waals surface area contributed by atoms with E-state index in [1.54, 1.807) is 7.11 Å². The second-order valence-corrected chi connectivity index (χ2v) is 7.59. The van der Waals surface area contributed by atoms with Gasteiger partial charge < -0.3 is 29.6 Å². The van der Waals surface area contributed by atoms with Crippen LogP contribution in [0.2, 0.25) is 0 Å². The van der Waals surface area contributed by atoms with Gasteiger partial charge in [-0.3, -0.25) is 0 Å². The van der Waals surface area contributed by atoms with Crippen molar-refractivity contribution in [1.29, 1.82) is 0 Å². The Morgan fingerprint density at radius 2 is 1.97 bits per heavy atom. The lowest BCUT2D eigenvalue weighted by Crippen LogP contribution is -2.38. The quantitative estimate of drug-likeness (QED) is 0.298. The second kappa shape index (κ2) is 13.6. The molecular weight excluding hydrogens is 406 g/mol. The van der Waals surface area contributed by atoms with E-state index in [-0.39, 0.29) is 6.10 Å². The minimum atomic E-state index is 0.256. The molecular formula is C25H35N3O4. The Balaban J connectivity index is 1.47. The maximum atomic E-state index is 5.94. The van der Waals surface area contributed by atoms with Crippen LogP contribution in [0, 0.1) is 0 Å². The highest BCUT2D eigenvalue weighted by Gasteiger charge is 2.15. The van der Waals surface area contributed by atoms with Gasteiger partial charge in [0.25, 0.3) is 0 Å². The number of nitrogens with zero attached hydrogens (tertiary/aromatic N) is 1. The summed E-state index contributed by atoms with van der Waals surface area (Å²) in [5, 5.41) is 6.65. The summed E-state index contributed by atoms with van der Waals surface area (Å²) in [6, 6.07) is 16.0. The number of ether oxygens (including phenoxy) is 4. The van der Waals surface area contributed by atoms with Crippen LogP contribution in [-0.4, -0.2) is 52.1 Å². The van der Waals surface area contributed by atoms with E-state index in [4.69, 9.17) is 23.9 Å². The highest BCUT2D eigenvalue weighted by Crippen LogP contribution is 2.29. The van der Waals surface area contributed by atoms with Crippen molar-refractivity contribution in [2.24, 2.45) is 4.99 Å². The molecule has 0 saturated carbocycles. The van der Waals surface area contributed by atoms with Gasteiger partial charge in [-0.15, -0.1) is 0 Å². The van der Waals surface area contributed by atoms with Gasteiger partial charge in [0, 0.05) is 26.3 Å². The van der Waals surface area contributed by atoms with Crippen LogP contribution in [0.25, 0.3) is 0 Å². The normalized spacial score (nSPS) is 16.1. The molecule has 7 nitrogen and oxygen atoms in total. The number of aliphatic imine (C=N–C) groups is 1. The summed E-state index contributed by atoms with van der Waals surface area (Å²) in [4.78, 5) is 4.69. The number of nitrogens with one attached hydrogen (secondary N) is 2. The molecule has 1 aliphatic heterocycles. The molecule has 2 N–H and O–H groups in total. The summed E-state index contributed by atoms with van der Waals surface area (Å²) in [6.45, 7) is 6.96. The van der Waals surface area contributed by atoms with Gasteiger partial charge >= 0.3 is 0 Å². The van der Waals surface area contributed by atoms with Crippen LogP contribution in [0.15, 0.2) is 53.5 Å². The predicted molar refractivity (Wildman–Crippen MR) is 126 cm³/mol. The molecule has 1 fully saturated rings. The first-order valence-electron chi connectivity index (χ1n) is 11.3. The topological polar surface area (TPSA) is 73.3 Å². The van der Waals surface area contributed by atoms with E-state index in [1.807, 2.05) is 48.5 Å². The minimum absolute atomic E-state index is 0.256. The van der Waals surface area contributed by atoms with Crippen molar-refractivity contribution >= 4 is 5.96 Å². The van der Waals surface area contributed by atoms with Gasteiger partial charge in [-0.05, 0) is 43.0 Å². The number of methoxy groups -OCH3 is 1. The van der Waals surface area contributed by atoms with Crippen LogP contribution in [-0.2, 0) is 22.6 Å². The van der Waals surface area contributed by atoms with E-state index in [2.05, 4.69) is 17.6 Å². The van der Waals surface area contributed by atoms with E-state index < -0.39 is 0 Å². The summed E-state index contributed by atoms with van der Waals surface area (Å²) >= 11 is 0. The lowest BCUT2D eigenvalue weighted by Gasteiger charge is -2.14. The summed E-state index contributed by atoms with van der Waals surface area (Å²) in [5.41, 5.74) is 2.17. The third kappa shape index (κ3) is 8.05. The third-order valence-corrected chi connectivity index (χ3v) is 5.08. The molecule has 2 aromatic rings. The van der Waals surface area contributed by atoms with Crippen molar-refractivity contribution < 1.29 is 18.9 Å². The highest BCUT2D eigenvalue weighted by atomic mass is 16.5. The molecule has 0 amide bonds. The monoisotopic (exact) mass is 441 g/mol. The molecule has 0 spiro atoms. The Labute approximate surface area is 191 Å². The number of hydrogen-bond acceptors (Lipinski definition) is 5. The molecule has 1 heterocycles. The SMILES string of the molecule is CCNC(=NCc1ccc(OCc2ccccc2)c(OC)c1)NCCCOC1CCOC1. The molecule has 1 atom stereocenters. The molecule has 0 bridgehead atoms. The van der Waals surface area contributed by atoms with Gasteiger partial charge in [-0.1, -0.05) is 36.4 Å². The van der Waals surface area contributed by atoms with Gasteiger partial charge in [0.1, 0.15) is 6.61 Å². The maximum absolute atomic E-state index is 5.94. The van der Waals surface area contributed by atoms with E-state index in [0.29, 0.717) is 18.9 Å². The zero-order valence-corrected chi connectivity index (χ0v) is 19.1. The second-order valence-electron chi connectivity index (χ2n) is 7.59. The average molecular weight is 442 g/mol. The number of hydrogen-bond donors (Lipinski definition) is 2. The molecule has 0 radical (unpaired) electrons. The Hall–Kier alpha value is -2.77. The molecule has 0 aromatic heterocycles. The zero-order chi connectivity index (χ0) is 22.4. The van der Waals surface area contributed by atoms with Gasteiger partial charge in [0.2, 0.25) is 0 Å².